The lowest BCUT2D eigenvalue weighted by Gasteiger charge is -2.05. The zero-order valence-electron chi connectivity index (χ0n) is 16.0. The number of thiazole rings is 1. The number of hydrogen-bond acceptors (Lipinski definition) is 4. The minimum absolute atomic E-state index is 0.0758. The molecule has 0 aliphatic carbocycles. The van der Waals surface area contributed by atoms with Gasteiger partial charge in [-0.25, -0.2) is 4.98 Å². The average molecular weight is 401 g/mol. The van der Waals surface area contributed by atoms with E-state index in [1.807, 2.05) is 72.1 Å². The van der Waals surface area contributed by atoms with Crippen LogP contribution in [0.2, 0.25) is 0 Å². The summed E-state index contributed by atoms with van der Waals surface area (Å²) >= 11 is 1.42. The Balaban J connectivity index is 1.38. The second-order valence-corrected chi connectivity index (χ2v) is 7.41. The molecule has 144 valence electrons. The Hall–Kier alpha value is -3.44. The number of rotatable bonds is 6. The third-order valence-electron chi connectivity index (χ3n) is 4.56. The largest absolute Gasteiger partial charge is 0.497 e. The third kappa shape index (κ3) is 4.70. The normalized spacial score (nSPS) is 10.5. The molecule has 1 N–H and O–H groups in total. The minimum atomic E-state index is -0.0758. The first kappa shape index (κ1) is 18.9. The molecule has 1 heterocycles. The van der Waals surface area contributed by atoms with Gasteiger partial charge in [-0.05, 0) is 41.0 Å². The van der Waals surface area contributed by atoms with E-state index in [2.05, 4.69) is 22.4 Å². The van der Waals surface area contributed by atoms with E-state index in [-0.39, 0.29) is 5.91 Å². The van der Waals surface area contributed by atoms with Crippen LogP contribution in [0.3, 0.4) is 0 Å². The number of nitrogens with one attached hydrogen (secondary N) is 1. The third-order valence-corrected chi connectivity index (χ3v) is 5.32. The molecule has 3 aromatic carbocycles. The monoisotopic (exact) mass is 400 g/mol. The Bertz CT molecular complexity index is 1090. The van der Waals surface area contributed by atoms with Crippen molar-refractivity contribution in [3.8, 4) is 28.1 Å². The number of benzene rings is 3. The van der Waals surface area contributed by atoms with E-state index in [1.54, 1.807) is 7.11 Å². The van der Waals surface area contributed by atoms with Gasteiger partial charge in [0, 0.05) is 10.9 Å². The molecule has 0 aliphatic rings. The van der Waals surface area contributed by atoms with E-state index in [4.69, 9.17) is 4.74 Å². The minimum Gasteiger partial charge on any atom is -0.497 e. The molecule has 0 unspecified atom stereocenters. The highest BCUT2D eigenvalue weighted by Gasteiger charge is 2.09. The summed E-state index contributed by atoms with van der Waals surface area (Å²) in [5, 5.41) is 5.43. The van der Waals surface area contributed by atoms with Gasteiger partial charge in [0.05, 0.1) is 19.2 Å². The summed E-state index contributed by atoms with van der Waals surface area (Å²) in [5.74, 6) is 0.726. The number of nitrogens with zero attached hydrogens (tertiary/aromatic N) is 1. The van der Waals surface area contributed by atoms with Gasteiger partial charge >= 0.3 is 0 Å². The molecule has 4 nitrogen and oxygen atoms in total. The number of amides is 1. The van der Waals surface area contributed by atoms with Crippen molar-refractivity contribution >= 4 is 22.4 Å². The zero-order valence-corrected chi connectivity index (χ0v) is 16.8. The molecular weight excluding hydrogens is 380 g/mol. The highest BCUT2D eigenvalue weighted by atomic mass is 32.1. The maximum Gasteiger partial charge on any atom is 0.230 e. The molecule has 0 spiro atoms. The Morgan fingerprint density at radius 2 is 1.55 bits per heavy atom. The summed E-state index contributed by atoms with van der Waals surface area (Å²) in [6.45, 7) is 0. The molecule has 0 fully saturated rings. The second-order valence-electron chi connectivity index (χ2n) is 6.55. The molecule has 29 heavy (non-hydrogen) atoms. The fraction of sp³-hybridized carbons (Fsp3) is 0.0833. The van der Waals surface area contributed by atoms with Crippen LogP contribution in [0, 0.1) is 0 Å². The van der Waals surface area contributed by atoms with E-state index in [0.717, 1.165) is 33.7 Å². The summed E-state index contributed by atoms with van der Waals surface area (Å²) in [7, 11) is 1.64. The van der Waals surface area contributed by atoms with Crippen LogP contribution in [0.4, 0.5) is 5.13 Å². The van der Waals surface area contributed by atoms with Crippen molar-refractivity contribution in [2.75, 3.05) is 12.4 Å². The lowest BCUT2D eigenvalue weighted by atomic mass is 10.0. The quantitative estimate of drug-likeness (QED) is 0.454. The first-order chi connectivity index (χ1) is 14.2. The van der Waals surface area contributed by atoms with Gasteiger partial charge in [-0.15, -0.1) is 11.3 Å². The maximum absolute atomic E-state index is 12.4. The van der Waals surface area contributed by atoms with Gasteiger partial charge in [-0.3, -0.25) is 4.79 Å². The summed E-state index contributed by atoms with van der Waals surface area (Å²) in [6.07, 6.45) is 0.312. The van der Waals surface area contributed by atoms with Crippen LogP contribution in [0.5, 0.6) is 5.75 Å². The maximum atomic E-state index is 12.4. The first-order valence-corrected chi connectivity index (χ1v) is 10.1. The van der Waals surface area contributed by atoms with E-state index >= 15 is 0 Å². The molecule has 4 rings (SSSR count). The van der Waals surface area contributed by atoms with Gasteiger partial charge in [0.15, 0.2) is 5.13 Å². The Morgan fingerprint density at radius 3 is 2.24 bits per heavy atom. The summed E-state index contributed by atoms with van der Waals surface area (Å²) in [6, 6.07) is 26.0. The van der Waals surface area contributed by atoms with Gasteiger partial charge in [0.2, 0.25) is 5.91 Å². The molecular formula is C24H20N2O2S. The van der Waals surface area contributed by atoms with E-state index in [0.29, 0.717) is 11.6 Å². The van der Waals surface area contributed by atoms with Crippen LogP contribution in [-0.4, -0.2) is 18.0 Å². The molecule has 0 atom stereocenters. The number of anilines is 1. The predicted molar refractivity (Wildman–Crippen MR) is 118 cm³/mol. The van der Waals surface area contributed by atoms with Crippen LogP contribution in [0.25, 0.3) is 22.4 Å². The number of carbonyl (C=O) groups is 1. The number of methoxy groups -OCH3 is 1. The van der Waals surface area contributed by atoms with Gasteiger partial charge in [-0.1, -0.05) is 54.6 Å². The van der Waals surface area contributed by atoms with Crippen LogP contribution in [0.15, 0.2) is 84.2 Å². The molecule has 1 amide bonds. The number of aromatic nitrogens is 1. The van der Waals surface area contributed by atoms with Gasteiger partial charge in [0.25, 0.3) is 0 Å². The average Bonchev–Trinajstić information content (AvgIpc) is 3.23. The molecule has 0 radical (unpaired) electrons. The Labute approximate surface area is 173 Å². The predicted octanol–water partition coefficient (Wildman–Crippen LogP) is 5.67. The fourth-order valence-corrected chi connectivity index (χ4v) is 3.76. The molecule has 0 aliphatic heterocycles. The Morgan fingerprint density at radius 1 is 0.897 bits per heavy atom. The van der Waals surface area contributed by atoms with Crippen molar-refractivity contribution in [2.45, 2.75) is 6.42 Å². The smallest absolute Gasteiger partial charge is 0.230 e. The zero-order chi connectivity index (χ0) is 20.1. The summed E-state index contributed by atoms with van der Waals surface area (Å²) in [5.41, 5.74) is 5.09. The van der Waals surface area contributed by atoms with E-state index < -0.39 is 0 Å². The van der Waals surface area contributed by atoms with Crippen molar-refractivity contribution in [3.63, 3.8) is 0 Å². The molecule has 0 saturated heterocycles. The van der Waals surface area contributed by atoms with E-state index in [9.17, 15) is 4.79 Å². The van der Waals surface area contributed by atoms with Crippen LogP contribution in [-0.2, 0) is 11.2 Å². The van der Waals surface area contributed by atoms with Crippen molar-refractivity contribution in [1.82, 2.24) is 4.98 Å². The number of carbonyl (C=O) groups excluding carboxylic acids is 1. The molecule has 4 aromatic rings. The standard InChI is InChI=1S/C24H20N2O2S/c1-28-21-13-11-20(12-14-21)22-16-29-24(25-22)26-23(27)15-17-7-9-19(10-8-17)18-5-3-2-4-6-18/h2-14,16H,15H2,1H3,(H,25,26,27). The summed E-state index contributed by atoms with van der Waals surface area (Å²) < 4.78 is 5.18. The summed E-state index contributed by atoms with van der Waals surface area (Å²) in [4.78, 5) is 16.9. The van der Waals surface area contributed by atoms with Gasteiger partial charge in [-0.2, -0.15) is 0 Å². The lowest BCUT2D eigenvalue weighted by molar-refractivity contribution is -0.115. The SMILES string of the molecule is COc1ccc(-c2csc(NC(=O)Cc3ccc(-c4ccccc4)cc3)n2)cc1. The number of ether oxygens (including phenoxy) is 1. The molecule has 1 aromatic heterocycles. The second kappa shape index (κ2) is 8.71. The molecule has 0 bridgehead atoms. The van der Waals surface area contributed by atoms with Crippen molar-refractivity contribution in [3.05, 3.63) is 89.8 Å². The first-order valence-electron chi connectivity index (χ1n) is 9.25. The lowest BCUT2D eigenvalue weighted by Crippen LogP contribution is -2.14. The Kier molecular flexibility index (Phi) is 5.68. The topological polar surface area (TPSA) is 51.2 Å². The highest BCUT2D eigenvalue weighted by molar-refractivity contribution is 7.14. The van der Waals surface area contributed by atoms with Crippen LogP contribution >= 0.6 is 11.3 Å². The van der Waals surface area contributed by atoms with Crippen molar-refractivity contribution in [2.24, 2.45) is 0 Å². The van der Waals surface area contributed by atoms with Gasteiger partial charge < -0.3 is 10.1 Å². The molecule has 0 saturated carbocycles. The van der Waals surface area contributed by atoms with Crippen molar-refractivity contribution < 1.29 is 9.53 Å². The van der Waals surface area contributed by atoms with Crippen molar-refractivity contribution in [1.29, 1.82) is 0 Å². The molecule has 5 heteroatoms. The van der Waals surface area contributed by atoms with Gasteiger partial charge in [0.1, 0.15) is 5.75 Å². The highest BCUT2D eigenvalue weighted by Crippen LogP contribution is 2.26. The van der Waals surface area contributed by atoms with Crippen LogP contribution in [0.1, 0.15) is 5.56 Å². The number of hydrogen-bond donors (Lipinski definition) is 1. The van der Waals surface area contributed by atoms with Crippen LogP contribution < -0.4 is 10.1 Å². The van der Waals surface area contributed by atoms with E-state index in [1.165, 1.54) is 11.3 Å². The fourth-order valence-electron chi connectivity index (χ4n) is 3.02.